The van der Waals surface area contributed by atoms with Gasteiger partial charge in [0, 0.05) is 36.1 Å². The molecule has 156 valence electrons. The van der Waals surface area contributed by atoms with Gasteiger partial charge in [-0.15, -0.1) is 11.3 Å². The highest BCUT2D eigenvalue weighted by Gasteiger charge is 2.21. The highest BCUT2D eigenvalue weighted by atomic mass is 32.1. The van der Waals surface area contributed by atoms with Crippen molar-refractivity contribution in [3.63, 3.8) is 0 Å². The number of para-hydroxylation sites is 1. The second-order valence-corrected chi connectivity index (χ2v) is 8.14. The molecule has 2 N–H and O–H groups in total. The molecule has 5 rings (SSSR count). The molecule has 0 spiro atoms. The maximum Gasteiger partial charge on any atom is 0.261 e. The summed E-state index contributed by atoms with van der Waals surface area (Å²) >= 11 is 1.50. The number of aromatic nitrogens is 2. The van der Waals surface area contributed by atoms with Gasteiger partial charge in [-0.25, -0.2) is 4.98 Å². The number of carbonyl (C=O) groups excluding carboxylic acids is 1. The van der Waals surface area contributed by atoms with Crippen LogP contribution in [0.4, 0.5) is 10.8 Å². The molecule has 4 aromatic rings. The Bertz CT molecular complexity index is 1390. The molecule has 0 fully saturated rings. The molecule has 1 amide bonds. The van der Waals surface area contributed by atoms with Crippen LogP contribution >= 0.6 is 11.3 Å². The molecule has 2 aromatic heterocycles. The molecule has 31 heavy (non-hydrogen) atoms. The molecule has 2 aromatic carbocycles. The average Bonchev–Trinajstić information content (AvgIpc) is 3.44. The first-order valence-electron chi connectivity index (χ1n) is 9.87. The van der Waals surface area contributed by atoms with Crippen LogP contribution in [0.5, 0.6) is 5.75 Å². The van der Waals surface area contributed by atoms with Crippen LogP contribution in [-0.4, -0.2) is 29.6 Å². The van der Waals surface area contributed by atoms with Crippen LogP contribution in [0, 0.1) is 0 Å². The van der Waals surface area contributed by atoms with E-state index in [0.717, 1.165) is 40.4 Å². The topological polar surface area (TPSA) is 85.2 Å². The fourth-order valence-electron chi connectivity index (χ4n) is 3.99. The number of hydrogen-bond donors (Lipinski definition) is 2. The molecule has 0 unspecified atom stereocenters. The van der Waals surface area contributed by atoms with E-state index in [1.807, 2.05) is 35.2 Å². The van der Waals surface area contributed by atoms with E-state index in [-0.39, 0.29) is 11.0 Å². The van der Waals surface area contributed by atoms with Gasteiger partial charge in [0.15, 0.2) is 5.13 Å². The van der Waals surface area contributed by atoms with Crippen molar-refractivity contribution in [2.24, 2.45) is 0 Å². The van der Waals surface area contributed by atoms with Gasteiger partial charge in [0.1, 0.15) is 11.3 Å². The van der Waals surface area contributed by atoms with Crippen molar-refractivity contribution in [3.8, 4) is 17.0 Å². The monoisotopic (exact) mass is 432 g/mol. The zero-order chi connectivity index (χ0) is 21.5. The van der Waals surface area contributed by atoms with E-state index in [2.05, 4.69) is 15.6 Å². The smallest absolute Gasteiger partial charge is 0.261 e. The lowest BCUT2D eigenvalue weighted by atomic mass is 10.1. The zero-order valence-electron chi connectivity index (χ0n) is 17.1. The van der Waals surface area contributed by atoms with Crippen LogP contribution in [0.15, 0.2) is 52.8 Å². The Kier molecular flexibility index (Phi) is 4.71. The van der Waals surface area contributed by atoms with Crippen molar-refractivity contribution in [2.75, 3.05) is 24.8 Å². The number of nitrogens with one attached hydrogen (secondary N) is 2. The Hall–Kier alpha value is -3.65. The van der Waals surface area contributed by atoms with E-state index in [1.54, 1.807) is 31.5 Å². The predicted octanol–water partition coefficient (Wildman–Crippen LogP) is 3.98. The first kappa shape index (κ1) is 19.3. The van der Waals surface area contributed by atoms with Gasteiger partial charge in [-0.05, 0) is 36.2 Å². The van der Waals surface area contributed by atoms with Crippen LogP contribution in [0.3, 0.4) is 0 Å². The zero-order valence-corrected chi connectivity index (χ0v) is 17.9. The minimum absolute atomic E-state index is 0.116. The van der Waals surface area contributed by atoms with Crippen LogP contribution < -0.4 is 20.8 Å². The summed E-state index contributed by atoms with van der Waals surface area (Å²) < 4.78 is 7.41. The highest BCUT2D eigenvalue weighted by molar-refractivity contribution is 7.14. The Morgan fingerprint density at radius 1 is 1.26 bits per heavy atom. The lowest BCUT2D eigenvalue weighted by Gasteiger charge is -2.13. The summed E-state index contributed by atoms with van der Waals surface area (Å²) in [7, 11) is 3.36. The summed E-state index contributed by atoms with van der Waals surface area (Å²) in [5.41, 5.74) is 4.03. The van der Waals surface area contributed by atoms with Crippen molar-refractivity contribution in [2.45, 2.75) is 13.0 Å². The van der Waals surface area contributed by atoms with Gasteiger partial charge in [0.25, 0.3) is 5.91 Å². The Labute approximate surface area is 182 Å². The molecule has 7 nitrogen and oxygen atoms in total. The van der Waals surface area contributed by atoms with Gasteiger partial charge in [0.2, 0.25) is 5.43 Å². The van der Waals surface area contributed by atoms with Crippen molar-refractivity contribution >= 4 is 39.0 Å². The third-order valence-electron chi connectivity index (χ3n) is 5.51. The summed E-state index contributed by atoms with van der Waals surface area (Å²) in [5.74, 6) is 0.0477. The van der Waals surface area contributed by atoms with Crippen molar-refractivity contribution in [1.82, 2.24) is 9.55 Å². The Balaban J connectivity index is 1.53. The van der Waals surface area contributed by atoms with E-state index >= 15 is 0 Å². The number of thiazole rings is 1. The minimum Gasteiger partial charge on any atom is -0.495 e. The lowest BCUT2D eigenvalue weighted by molar-refractivity contribution is 0.102. The van der Waals surface area contributed by atoms with E-state index < -0.39 is 5.91 Å². The molecule has 3 heterocycles. The molecule has 0 radical (unpaired) electrons. The van der Waals surface area contributed by atoms with Crippen LogP contribution in [0.25, 0.3) is 22.2 Å². The number of methoxy groups -OCH3 is 1. The molecule has 0 saturated carbocycles. The Morgan fingerprint density at radius 2 is 2.13 bits per heavy atom. The fraction of sp³-hybridized carbons (Fsp3) is 0.174. The molecule has 0 aliphatic carbocycles. The third-order valence-corrected chi connectivity index (χ3v) is 6.37. The molecule has 0 bridgehead atoms. The average molecular weight is 433 g/mol. The number of rotatable bonds is 5. The second kappa shape index (κ2) is 7.55. The van der Waals surface area contributed by atoms with Gasteiger partial charge >= 0.3 is 0 Å². The number of hydrogen-bond acceptors (Lipinski definition) is 6. The molecule has 1 aliphatic heterocycles. The van der Waals surface area contributed by atoms with Crippen LogP contribution in [-0.2, 0) is 13.0 Å². The minimum atomic E-state index is -0.461. The first-order valence-corrected chi connectivity index (χ1v) is 10.7. The molecular weight excluding hydrogens is 412 g/mol. The maximum atomic E-state index is 13.1. The normalized spacial score (nSPS) is 12.2. The highest BCUT2D eigenvalue weighted by Crippen LogP contribution is 2.32. The van der Waals surface area contributed by atoms with E-state index in [0.29, 0.717) is 16.8 Å². The standard InChI is InChI=1S/C23H20N4O3S/c1-24-23-26-18(12-31-23)14-6-7-19(30-2)17(10-14)25-22(29)16-11-27-9-8-13-4-3-5-15(20(13)27)21(16)28/h3-7,10-12H,8-9H2,1-2H3,(H,24,26)(H,25,29). The molecular formula is C23H20N4O3S. The summed E-state index contributed by atoms with van der Waals surface area (Å²) in [6.07, 6.45) is 2.52. The van der Waals surface area contributed by atoms with Crippen molar-refractivity contribution in [3.05, 3.63) is 69.3 Å². The summed E-state index contributed by atoms with van der Waals surface area (Å²) in [6.45, 7) is 0.757. The van der Waals surface area contributed by atoms with Crippen molar-refractivity contribution < 1.29 is 9.53 Å². The number of pyridine rings is 1. The van der Waals surface area contributed by atoms with Gasteiger partial charge in [-0.2, -0.15) is 0 Å². The van der Waals surface area contributed by atoms with E-state index in [1.165, 1.54) is 11.3 Å². The molecule has 0 atom stereocenters. The number of ether oxygens (including phenoxy) is 1. The first-order chi connectivity index (χ1) is 15.1. The van der Waals surface area contributed by atoms with Gasteiger partial charge in [-0.1, -0.05) is 12.1 Å². The SMILES string of the molecule is CNc1nc(-c2ccc(OC)c(NC(=O)c3cn4c5c(cccc5c3=O)CC4)c2)cs1. The summed E-state index contributed by atoms with van der Waals surface area (Å²) in [4.78, 5) is 30.7. The van der Waals surface area contributed by atoms with Gasteiger partial charge in [0.05, 0.1) is 24.0 Å². The molecule has 0 saturated heterocycles. The number of anilines is 2. The van der Waals surface area contributed by atoms with Crippen molar-refractivity contribution in [1.29, 1.82) is 0 Å². The van der Waals surface area contributed by atoms with E-state index in [4.69, 9.17) is 4.74 Å². The van der Waals surface area contributed by atoms with Gasteiger partial charge < -0.3 is 19.9 Å². The predicted molar refractivity (Wildman–Crippen MR) is 124 cm³/mol. The van der Waals surface area contributed by atoms with Crippen LogP contribution in [0.1, 0.15) is 15.9 Å². The number of aryl methyl sites for hydroxylation is 2. The Morgan fingerprint density at radius 3 is 2.90 bits per heavy atom. The summed E-state index contributed by atoms with van der Waals surface area (Å²) in [5, 5.41) is 9.20. The number of benzene rings is 2. The van der Waals surface area contributed by atoms with Gasteiger partial charge in [-0.3, -0.25) is 9.59 Å². The quantitative estimate of drug-likeness (QED) is 0.498. The molecule has 8 heteroatoms. The summed E-state index contributed by atoms with van der Waals surface area (Å²) in [6, 6.07) is 11.2. The number of carbonyl (C=O) groups is 1. The third kappa shape index (κ3) is 3.25. The van der Waals surface area contributed by atoms with E-state index in [9.17, 15) is 9.59 Å². The second-order valence-electron chi connectivity index (χ2n) is 7.29. The largest absolute Gasteiger partial charge is 0.495 e. The lowest BCUT2D eigenvalue weighted by Crippen LogP contribution is -2.23. The number of amides is 1. The maximum absolute atomic E-state index is 13.1. The molecule has 1 aliphatic rings. The number of nitrogens with zero attached hydrogens (tertiary/aromatic N) is 2. The van der Waals surface area contributed by atoms with Crippen LogP contribution in [0.2, 0.25) is 0 Å². The fourth-order valence-corrected chi connectivity index (χ4v) is 4.68.